The number of fused-ring (bicyclic) bond motifs is 1. The minimum absolute atomic E-state index is 0.142. The molecule has 2 aromatic carbocycles. The van der Waals surface area contributed by atoms with Gasteiger partial charge in [-0.15, -0.1) is 4.68 Å². The van der Waals surface area contributed by atoms with Gasteiger partial charge in [0.1, 0.15) is 0 Å². The first-order chi connectivity index (χ1) is 11.1. The number of benzene rings is 2. The van der Waals surface area contributed by atoms with Crippen LogP contribution >= 0.6 is 0 Å². The van der Waals surface area contributed by atoms with Crippen molar-refractivity contribution in [3.8, 4) is 0 Å². The predicted octanol–water partition coefficient (Wildman–Crippen LogP) is -0.0246. The number of H-pyrrole nitrogens is 1. The van der Waals surface area contributed by atoms with Crippen LogP contribution in [0.25, 0.3) is 10.9 Å². The third-order valence-electron chi connectivity index (χ3n) is 3.26. The molecule has 8 heteroatoms. The van der Waals surface area contributed by atoms with Crippen LogP contribution in [-0.4, -0.2) is 21.1 Å². The summed E-state index contributed by atoms with van der Waals surface area (Å²) >= 11 is 0. The third-order valence-corrected chi connectivity index (χ3v) is 3.26. The van der Waals surface area contributed by atoms with Crippen molar-refractivity contribution in [2.24, 2.45) is 5.10 Å². The highest BCUT2D eigenvalue weighted by atomic mass is 16.8. The molecule has 116 valence electrons. The Balaban J connectivity index is 2.01. The van der Waals surface area contributed by atoms with E-state index in [0.29, 0.717) is 16.5 Å². The molecule has 0 aliphatic heterocycles. The number of hydrogen-bond donors (Lipinski definition) is 3. The van der Waals surface area contributed by atoms with Crippen molar-refractivity contribution in [2.75, 3.05) is 0 Å². The second-order valence-corrected chi connectivity index (χ2v) is 4.76. The van der Waals surface area contributed by atoms with Crippen LogP contribution < -0.4 is 16.5 Å². The predicted molar refractivity (Wildman–Crippen MR) is 84.0 cm³/mol. The van der Waals surface area contributed by atoms with E-state index in [1.165, 1.54) is 30.5 Å². The molecule has 0 aliphatic rings. The summed E-state index contributed by atoms with van der Waals surface area (Å²) in [5.41, 5.74) is -0.0213. The molecule has 0 amide bonds. The second-order valence-electron chi connectivity index (χ2n) is 4.76. The molecule has 3 aromatic rings. The van der Waals surface area contributed by atoms with Crippen LogP contribution in [0.4, 0.5) is 5.69 Å². The molecule has 0 bridgehead atoms. The molecule has 1 unspecified atom stereocenters. The Labute approximate surface area is 129 Å². The molecule has 8 nitrogen and oxygen atoms in total. The lowest BCUT2D eigenvalue weighted by Crippen LogP contribution is -2.99. The Morgan fingerprint density at radius 3 is 2.52 bits per heavy atom. The SMILES string of the molecule is O=c1[nH]c2ccccc2c(=O)n1/N=C/c1ccc([NH+]([O-])O)cc1. The molecule has 0 spiro atoms. The van der Waals surface area contributed by atoms with Crippen molar-refractivity contribution in [3.05, 3.63) is 80.1 Å². The highest BCUT2D eigenvalue weighted by molar-refractivity contribution is 5.80. The minimum atomic E-state index is -1.03. The summed E-state index contributed by atoms with van der Waals surface area (Å²) in [4.78, 5) is 26.8. The smallest absolute Gasteiger partial charge is 0.349 e. The Bertz CT molecular complexity index is 987. The number of hydrogen-bond acceptors (Lipinski definition) is 5. The second kappa shape index (κ2) is 5.97. The summed E-state index contributed by atoms with van der Waals surface area (Å²) < 4.78 is 0.730. The third kappa shape index (κ3) is 2.94. The van der Waals surface area contributed by atoms with E-state index in [-0.39, 0.29) is 5.69 Å². The largest absolute Gasteiger partial charge is 0.595 e. The number of aromatic amines is 1. The van der Waals surface area contributed by atoms with Gasteiger partial charge in [0.15, 0.2) is 5.69 Å². The average Bonchev–Trinajstić information content (AvgIpc) is 2.55. The van der Waals surface area contributed by atoms with Crippen LogP contribution in [0.15, 0.2) is 63.2 Å². The maximum absolute atomic E-state index is 12.3. The normalized spacial score (nSPS) is 12.8. The van der Waals surface area contributed by atoms with E-state index in [4.69, 9.17) is 5.21 Å². The van der Waals surface area contributed by atoms with Crippen molar-refractivity contribution in [2.45, 2.75) is 0 Å². The van der Waals surface area contributed by atoms with Gasteiger partial charge in [-0.25, -0.2) is 10.0 Å². The standard InChI is InChI=1S/C15H12N4O4/c20-14-12-3-1-2-4-13(12)17-15(21)18(14)16-9-10-5-7-11(8-6-10)19(22)23/h1-9,19,22H,(H,17,21)/b16-9+. The molecule has 0 radical (unpaired) electrons. The van der Waals surface area contributed by atoms with Gasteiger partial charge in [-0.3, -0.25) is 4.79 Å². The van der Waals surface area contributed by atoms with Crippen LogP contribution in [0.5, 0.6) is 0 Å². The first-order valence-corrected chi connectivity index (χ1v) is 6.68. The Hall–Kier alpha value is -3.07. The van der Waals surface area contributed by atoms with Gasteiger partial charge in [0.05, 0.1) is 17.1 Å². The van der Waals surface area contributed by atoms with Crippen molar-refractivity contribution in [1.29, 1.82) is 0 Å². The summed E-state index contributed by atoms with van der Waals surface area (Å²) in [6, 6.07) is 12.5. The highest BCUT2D eigenvalue weighted by Crippen LogP contribution is 2.04. The first kappa shape index (κ1) is 14.9. The summed E-state index contributed by atoms with van der Waals surface area (Å²) in [6.45, 7) is 0. The Morgan fingerprint density at radius 2 is 1.83 bits per heavy atom. The van der Waals surface area contributed by atoms with Gasteiger partial charge in [-0.1, -0.05) is 12.1 Å². The topological polar surface area (TPSA) is 115 Å². The summed E-state index contributed by atoms with van der Waals surface area (Å²) in [5, 5.41) is 22.8. The highest BCUT2D eigenvalue weighted by Gasteiger charge is 2.05. The van der Waals surface area contributed by atoms with Crippen LogP contribution in [-0.2, 0) is 0 Å². The molecule has 23 heavy (non-hydrogen) atoms. The number of nitrogens with one attached hydrogen (secondary N) is 2. The Morgan fingerprint density at radius 1 is 1.13 bits per heavy atom. The molecule has 1 atom stereocenters. The van der Waals surface area contributed by atoms with Gasteiger partial charge in [0.25, 0.3) is 5.56 Å². The molecule has 0 saturated heterocycles. The first-order valence-electron chi connectivity index (χ1n) is 6.68. The van der Waals surface area contributed by atoms with Gasteiger partial charge < -0.3 is 10.2 Å². The maximum Gasteiger partial charge on any atom is 0.349 e. The van der Waals surface area contributed by atoms with Crippen LogP contribution in [0.3, 0.4) is 0 Å². The Kier molecular flexibility index (Phi) is 3.85. The zero-order valence-electron chi connectivity index (χ0n) is 11.8. The monoisotopic (exact) mass is 312 g/mol. The van der Waals surface area contributed by atoms with E-state index in [1.54, 1.807) is 24.3 Å². The van der Waals surface area contributed by atoms with E-state index in [9.17, 15) is 14.8 Å². The van der Waals surface area contributed by atoms with Crippen LogP contribution in [0.1, 0.15) is 5.56 Å². The maximum atomic E-state index is 12.3. The van der Waals surface area contributed by atoms with E-state index >= 15 is 0 Å². The lowest BCUT2D eigenvalue weighted by molar-refractivity contribution is -0.991. The van der Waals surface area contributed by atoms with E-state index in [2.05, 4.69) is 10.1 Å². The number of para-hydroxylation sites is 1. The van der Waals surface area contributed by atoms with Gasteiger partial charge in [0, 0.05) is 12.1 Å². The fourth-order valence-corrected chi connectivity index (χ4v) is 2.09. The lowest BCUT2D eigenvalue weighted by Gasteiger charge is -2.10. The molecule has 0 aliphatic carbocycles. The van der Waals surface area contributed by atoms with Crippen LogP contribution in [0.2, 0.25) is 0 Å². The quantitative estimate of drug-likeness (QED) is 0.465. The summed E-state index contributed by atoms with van der Waals surface area (Å²) in [7, 11) is 0. The molecular formula is C15H12N4O4. The number of quaternary nitrogens is 1. The van der Waals surface area contributed by atoms with Gasteiger partial charge in [0.2, 0.25) is 0 Å². The molecule has 1 aromatic heterocycles. The zero-order valence-corrected chi connectivity index (χ0v) is 11.8. The minimum Gasteiger partial charge on any atom is -0.595 e. The van der Waals surface area contributed by atoms with Crippen molar-refractivity contribution in [1.82, 2.24) is 9.66 Å². The lowest BCUT2D eigenvalue weighted by atomic mass is 10.2. The van der Waals surface area contributed by atoms with Gasteiger partial charge in [-0.2, -0.15) is 10.3 Å². The molecule has 0 fully saturated rings. The summed E-state index contributed by atoms with van der Waals surface area (Å²) in [5.74, 6) is 0. The van der Waals surface area contributed by atoms with Crippen LogP contribution in [0, 0.1) is 5.21 Å². The van der Waals surface area contributed by atoms with Gasteiger partial charge in [-0.05, 0) is 29.8 Å². The fourth-order valence-electron chi connectivity index (χ4n) is 2.09. The molecular weight excluding hydrogens is 300 g/mol. The van der Waals surface area contributed by atoms with Crippen molar-refractivity contribution >= 4 is 22.8 Å². The van der Waals surface area contributed by atoms with E-state index in [1.807, 2.05) is 0 Å². The average molecular weight is 312 g/mol. The van der Waals surface area contributed by atoms with Gasteiger partial charge >= 0.3 is 5.69 Å². The molecule has 3 rings (SSSR count). The van der Waals surface area contributed by atoms with Crippen molar-refractivity contribution in [3.63, 3.8) is 0 Å². The van der Waals surface area contributed by atoms with Crippen molar-refractivity contribution < 1.29 is 10.4 Å². The van der Waals surface area contributed by atoms with E-state index in [0.717, 1.165) is 4.68 Å². The zero-order chi connectivity index (χ0) is 16.4. The summed E-state index contributed by atoms with van der Waals surface area (Å²) in [6.07, 6.45) is 1.32. The molecule has 0 saturated carbocycles. The van der Waals surface area contributed by atoms with E-state index < -0.39 is 16.5 Å². The fraction of sp³-hybridized carbons (Fsp3) is 0. The number of rotatable bonds is 3. The number of aromatic nitrogens is 2. The number of nitrogens with zero attached hydrogens (tertiary/aromatic N) is 2. The molecule has 1 heterocycles. The molecule has 3 N–H and O–H groups in total.